The van der Waals surface area contributed by atoms with Crippen molar-refractivity contribution >= 4 is 27.0 Å². The Morgan fingerprint density at radius 2 is 2.27 bits per heavy atom. The molecule has 56 valence electrons. The van der Waals surface area contributed by atoms with Crippen molar-refractivity contribution in [2.75, 3.05) is 0 Å². The van der Waals surface area contributed by atoms with Gasteiger partial charge >= 0.3 is 5.63 Å². The summed E-state index contributed by atoms with van der Waals surface area (Å²) in [5.74, 6) is 0. The Hall–Kier alpha value is -1.10. The number of rotatable bonds is 0. The third kappa shape index (κ3) is 0.970. The lowest BCUT2D eigenvalue weighted by molar-refractivity contribution is 0.0658. The minimum Gasteiger partial charge on any atom is -0.284 e. The zero-order chi connectivity index (χ0) is 7.84. The number of nitrogens with zero attached hydrogens (tertiary/aromatic N) is 1. The minimum absolute atomic E-state index is 0.216. The van der Waals surface area contributed by atoms with E-state index in [1.807, 2.05) is 0 Å². The van der Waals surface area contributed by atoms with E-state index >= 15 is 0 Å². The fourth-order valence-electron chi connectivity index (χ4n) is 0.760. The van der Waals surface area contributed by atoms with Crippen LogP contribution in [-0.4, -0.2) is 4.98 Å². The zero-order valence-corrected chi connectivity index (χ0v) is 6.79. The first-order chi connectivity index (χ1) is 5.27. The van der Waals surface area contributed by atoms with Gasteiger partial charge in [-0.1, -0.05) is 0 Å². The van der Waals surface area contributed by atoms with Crippen molar-refractivity contribution in [2.24, 2.45) is 0 Å². The summed E-state index contributed by atoms with van der Waals surface area (Å²) < 4.78 is 9.55. The van der Waals surface area contributed by atoms with Gasteiger partial charge in [0.25, 0.3) is 0 Å². The molecule has 0 unspecified atom stereocenters. The molecule has 0 amide bonds. The minimum atomic E-state index is -0.549. The molecule has 0 aliphatic heterocycles. The third-order valence-electron chi connectivity index (χ3n) is 1.22. The highest BCUT2D eigenvalue weighted by molar-refractivity contribution is 9.10. The molecule has 11 heavy (non-hydrogen) atoms. The number of halogens is 1. The molecule has 2 aromatic rings. The molecular formula is C6H2BrNO3. The zero-order valence-electron chi connectivity index (χ0n) is 5.20. The van der Waals surface area contributed by atoms with Crippen LogP contribution in [0.5, 0.6) is 0 Å². The number of pyridine rings is 1. The van der Waals surface area contributed by atoms with Gasteiger partial charge in [0, 0.05) is 16.7 Å². The van der Waals surface area contributed by atoms with Crippen LogP contribution in [-0.2, 0) is 0 Å². The lowest BCUT2D eigenvalue weighted by Crippen LogP contribution is -1.92. The van der Waals surface area contributed by atoms with Crippen molar-refractivity contribution in [1.82, 2.24) is 4.98 Å². The topological polar surface area (TPSA) is 56.2 Å². The van der Waals surface area contributed by atoms with E-state index in [0.29, 0.717) is 5.58 Å². The molecule has 0 atom stereocenters. The summed E-state index contributed by atoms with van der Waals surface area (Å²) in [6, 6.07) is 1.62. The molecule has 0 aliphatic carbocycles. The molecule has 0 radical (unpaired) electrons. The first kappa shape index (κ1) is 6.60. The second-order valence-corrected chi connectivity index (χ2v) is 2.87. The summed E-state index contributed by atoms with van der Waals surface area (Å²) in [6.07, 6.45) is 1.51. The van der Waals surface area contributed by atoms with Crippen molar-refractivity contribution in [3.8, 4) is 0 Å². The first-order valence-corrected chi connectivity index (χ1v) is 3.61. The molecule has 0 saturated heterocycles. The summed E-state index contributed by atoms with van der Waals surface area (Å²) in [4.78, 5) is 14.5. The number of hydrogen-bond donors (Lipinski definition) is 0. The Kier molecular flexibility index (Phi) is 1.32. The molecule has 5 heteroatoms. The molecule has 0 fully saturated rings. The monoisotopic (exact) mass is 215 g/mol. The molecule has 0 aliphatic rings. The number of fused-ring (bicyclic) bond motifs is 1. The summed E-state index contributed by atoms with van der Waals surface area (Å²) in [6.45, 7) is 0. The molecule has 0 aromatic carbocycles. The van der Waals surface area contributed by atoms with Gasteiger partial charge in [0.1, 0.15) is 0 Å². The van der Waals surface area contributed by atoms with Gasteiger partial charge in [-0.25, -0.2) is 14.4 Å². The van der Waals surface area contributed by atoms with Gasteiger partial charge in [-0.15, -0.1) is 0 Å². The van der Waals surface area contributed by atoms with Gasteiger partial charge in [-0.2, -0.15) is 0 Å². The first-order valence-electron chi connectivity index (χ1n) is 2.82. The smallest absolute Gasteiger partial charge is 0.284 e. The van der Waals surface area contributed by atoms with Gasteiger partial charge in [0.05, 0.1) is 0 Å². The molecule has 4 nitrogen and oxygen atoms in total. The second-order valence-electron chi connectivity index (χ2n) is 1.95. The second kappa shape index (κ2) is 2.20. The number of aromatic nitrogens is 1. The Morgan fingerprint density at radius 3 is 3.09 bits per heavy atom. The van der Waals surface area contributed by atoms with Gasteiger partial charge in [0.2, 0.25) is 11.1 Å². The standard InChI is InChI=1S/C6H2BrNO3/c7-3-1-4-5(8-2-3)6(9)11-10-4/h1-2H. The van der Waals surface area contributed by atoms with Crippen LogP contribution in [0.15, 0.2) is 30.7 Å². The Balaban J connectivity index is 2.97. The molecule has 2 aromatic heterocycles. The van der Waals surface area contributed by atoms with Crippen LogP contribution in [0.25, 0.3) is 11.1 Å². The van der Waals surface area contributed by atoms with E-state index in [2.05, 4.69) is 30.1 Å². The maximum Gasteiger partial charge on any atom is 0.408 e. The summed E-state index contributed by atoms with van der Waals surface area (Å²) in [5, 5.41) is 0. The van der Waals surface area contributed by atoms with Gasteiger partial charge < -0.3 is 0 Å². The van der Waals surface area contributed by atoms with Gasteiger partial charge in [-0.05, 0) is 15.9 Å². The highest BCUT2D eigenvalue weighted by atomic mass is 79.9. The van der Waals surface area contributed by atoms with Crippen LogP contribution in [0.2, 0.25) is 0 Å². The largest absolute Gasteiger partial charge is 0.408 e. The maximum atomic E-state index is 10.8. The van der Waals surface area contributed by atoms with E-state index in [1.54, 1.807) is 6.07 Å². The van der Waals surface area contributed by atoms with Gasteiger partial charge in [0.15, 0.2) is 0 Å². The van der Waals surface area contributed by atoms with Crippen molar-refractivity contribution in [2.45, 2.75) is 0 Å². The van der Waals surface area contributed by atoms with E-state index in [9.17, 15) is 4.79 Å². The normalized spacial score (nSPS) is 10.6. The molecule has 0 N–H and O–H groups in total. The van der Waals surface area contributed by atoms with E-state index in [4.69, 9.17) is 0 Å². The van der Waals surface area contributed by atoms with Crippen LogP contribution in [0, 0.1) is 0 Å². The van der Waals surface area contributed by atoms with Crippen molar-refractivity contribution in [3.63, 3.8) is 0 Å². The van der Waals surface area contributed by atoms with Gasteiger partial charge in [-0.3, -0.25) is 4.58 Å². The van der Waals surface area contributed by atoms with Crippen LogP contribution in [0.4, 0.5) is 0 Å². The maximum absolute atomic E-state index is 10.8. The van der Waals surface area contributed by atoms with Crippen LogP contribution in [0.1, 0.15) is 0 Å². The number of hydrogen-bond acceptors (Lipinski definition) is 4. The fraction of sp³-hybridized carbons (Fsp3) is 0. The van der Waals surface area contributed by atoms with Crippen molar-refractivity contribution in [3.05, 3.63) is 27.2 Å². The molecule has 0 spiro atoms. The quantitative estimate of drug-likeness (QED) is 0.626. The van der Waals surface area contributed by atoms with Crippen molar-refractivity contribution < 1.29 is 9.15 Å². The molecule has 0 bridgehead atoms. The fourth-order valence-corrected chi connectivity index (χ4v) is 1.07. The lowest BCUT2D eigenvalue weighted by atomic mass is 10.4. The molecule has 2 heterocycles. The summed E-state index contributed by atoms with van der Waals surface area (Å²) in [7, 11) is 0. The van der Waals surface area contributed by atoms with E-state index in [1.165, 1.54) is 6.20 Å². The molecule has 2 rings (SSSR count). The Labute approximate surface area is 68.9 Å². The van der Waals surface area contributed by atoms with E-state index < -0.39 is 5.63 Å². The SMILES string of the molecule is O=c1ooc2cc(Br)cnc12. The predicted octanol–water partition coefficient (Wildman–Crippen LogP) is 1.54. The average Bonchev–Trinajstić information content (AvgIpc) is 2.32. The van der Waals surface area contributed by atoms with Crippen LogP contribution < -0.4 is 5.63 Å². The Morgan fingerprint density at radius 1 is 1.45 bits per heavy atom. The predicted molar refractivity (Wildman–Crippen MR) is 40.2 cm³/mol. The van der Waals surface area contributed by atoms with Crippen molar-refractivity contribution in [1.29, 1.82) is 0 Å². The van der Waals surface area contributed by atoms with E-state index in [-0.39, 0.29) is 5.52 Å². The van der Waals surface area contributed by atoms with Crippen LogP contribution >= 0.6 is 15.9 Å². The third-order valence-corrected chi connectivity index (χ3v) is 1.65. The van der Waals surface area contributed by atoms with E-state index in [0.717, 1.165) is 4.47 Å². The van der Waals surface area contributed by atoms with Crippen LogP contribution in [0.3, 0.4) is 0 Å². The summed E-state index contributed by atoms with van der Waals surface area (Å²) in [5.41, 5.74) is 0.0186. The highest BCUT2D eigenvalue weighted by Gasteiger charge is 2.06. The summed E-state index contributed by atoms with van der Waals surface area (Å²) >= 11 is 3.18. The Bertz CT molecular complexity index is 444. The molecular weight excluding hydrogens is 214 g/mol. The molecule has 0 saturated carbocycles. The lowest BCUT2D eigenvalue weighted by Gasteiger charge is -1.83. The average molecular weight is 216 g/mol. The highest BCUT2D eigenvalue weighted by Crippen LogP contribution is 2.14.